The molecular weight excluding hydrogens is 362 g/mol. The van der Waals surface area contributed by atoms with Crippen LogP contribution in [0.15, 0.2) is 48.8 Å². The minimum absolute atomic E-state index is 0.00256. The summed E-state index contributed by atoms with van der Waals surface area (Å²) in [6.07, 6.45) is 4.81. The molecule has 142 valence electrons. The predicted molar refractivity (Wildman–Crippen MR) is 108 cm³/mol. The largest absolute Gasteiger partial charge is 0.496 e. The molecule has 0 aliphatic rings. The Morgan fingerprint density at radius 1 is 1.30 bits per heavy atom. The second-order valence-corrected chi connectivity index (χ2v) is 7.07. The smallest absolute Gasteiger partial charge is 0.221 e. The molecule has 2 heterocycles. The van der Waals surface area contributed by atoms with E-state index in [2.05, 4.69) is 17.2 Å². The highest BCUT2D eigenvalue weighted by Crippen LogP contribution is 2.35. The van der Waals surface area contributed by atoms with Crippen molar-refractivity contribution in [2.75, 3.05) is 7.11 Å². The van der Waals surface area contributed by atoms with Gasteiger partial charge in [0, 0.05) is 36.3 Å². The van der Waals surface area contributed by atoms with Crippen LogP contribution < -0.4 is 10.1 Å². The fraction of sp³-hybridized carbons (Fsp3) is 0.333. The number of imidazole rings is 1. The van der Waals surface area contributed by atoms with Gasteiger partial charge in [-0.1, -0.05) is 36.7 Å². The van der Waals surface area contributed by atoms with Crippen LogP contribution in [0.25, 0.3) is 5.65 Å². The van der Waals surface area contributed by atoms with Gasteiger partial charge >= 0.3 is 0 Å². The van der Waals surface area contributed by atoms with Crippen LogP contribution in [0.4, 0.5) is 0 Å². The van der Waals surface area contributed by atoms with Crippen LogP contribution in [0.2, 0.25) is 5.02 Å². The number of hydrogen-bond acceptors (Lipinski definition) is 3. The number of halogens is 1. The number of nitrogens with one attached hydrogen (secondary N) is 1. The standard InChI is InChI=1S/C21H24ClN3O2/c1-4-14(2)24-21(26)11-17(16-7-5-6-8-19(16)27-3)18-12-23-20-10-9-15(22)13-25(18)20/h5-10,12-14,17H,4,11H2,1-3H3,(H,24,26)/t14-,17-/m1/s1. The molecule has 3 rings (SSSR count). The molecule has 0 saturated heterocycles. The third-order valence-corrected chi connectivity index (χ3v) is 5.00. The molecule has 3 aromatic rings. The SMILES string of the molecule is CC[C@@H](C)NC(=O)C[C@H](c1ccccc1OC)c1cnc2ccc(Cl)cn12. The molecule has 1 aromatic carbocycles. The van der Waals surface area contributed by atoms with Crippen molar-refractivity contribution in [1.29, 1.82) is 0 Å². The van der Waals surface area contributed by atoms with E-state index in [0.717, 1.165) is 29.1 Å². The van der Waals surface area contributed by atoms with E-state index in [1.807, 2.05) is 47.9 Å². The zero-order valence-electron chi connectivity index (χ0n) is 15.8. The lowest BCUT2D eigenvalue weighted by atomic mass is 9.91. The number of carbonyl (C=O) groups excluding carboxylic acids is 1. The Labute approximate surface area is 164 Å². The van der Waals surface area contributed by atoms with Crippen molar-refractivity contribution in [2.24, 2.45) is 0 Å². The number of pyridine rings is 1. The van der Waals surface area contributed by atoms with Gasteiger partial charge in [-0.3, -0.25) is 4.79 Å². The highest BCUT2D eigenvalue weighted by Gasteiger charge is 2.25. The normalized spacial score (nSPS) is 13.3. The lowest BCUT2D eigenvalue weighted by Crippen LogP contribution is -2.33. The fourth-order valence-corrected chi connectivity index (χ4v) is 3.34. The number of nitrogens with zero attached hydrogens (tertiary/aromatic N) is 2. The molecule has 2 atom stereocenters. The number of aromatic nitrogens is 2. The highest BCUT2D eigenvalue weighted by atomic mass is 35.5. The van der Waals surface area contributed by atoms with E-state index in [9.17, 15) is 4.79 Å². The number of carbonyl (C=O) groups is 1. The van der Waals surface area contributed by atoms with Crippen molar-refractivity contribution in [3.8, 4) is 5.75 Å². The lowest BCUT2D eigenvalue weighted by molar-refractivity contribution is -0.121. The highest BCUT2D eigenvalue weighted by molar-refractivity contribution is 6.30. The number of fused-ring (bicyclic) bond motifs is 1. The molecule has 5 nitrogen and oxygen atoms in total. The van der Waals surface area contributed by atoms with E-state index in [4.69, 9.17) is 16.3 Å². The Bertz CT molecular complexity index is 938. The molecule has 0 fully saturated rings. The summed E-state index contributed by atoms with van der Waals surface area (Å²) in [6, 6.07) is 11.6. The minimum Gasteiger partial charge on any atom is -0.496 e. The number of rotatable bonds is 7. The van der Waals surface area contributed by atoms with Crippen LogP contribution in [-0.4, -0.2) is 28.4 Å². The van der Waals surface area contributed by atoms with Crippen LogP contribution in [0, 0.1) is 0 Å². The van der Waals surface area contributed by atoms with Crippen molar-refractivity contribution in [3.05, 3.63) is 65.1 Å². The maximum Gasteiger partial charge on any atom is 0.221 e. The van der Waals surface area contributed by atoms with E-state index in [1.165, 1.54) is 0 Å². The molecule has 0 saturated carbocycles. The van der Waals surface area contributed by atoms with Crippen LogP contribution in [0.1, 0.15) is 43.9 Å². The molecule has 1 N–H and O–H groups in total. The Kier molecular flexibility index (Phi) is 6.01. The molecule has 0 aliphatic carbocycles. The topological polar surface area (TPSA) is 55.6 Å². The van der Waals surface area contributed by atoms with E-state index < -0.39 is 0 Å². The van der Waals surface area contributed by atoms with Crippen molar-refractivity contribution in [3.63, 3.8) is 0 Å². The summed E-state index contributed by atoms with van der Waals surface area (Å²) in [6.45, 7) is 4.05. The van der Waals surface area contributed by atoms with Crippen LogP contribution in [-0.2, 0) is 4.79 Å². The van der Waals surface area contributed by atoms with Gasteiger partial charge in [-0.15, -0.1) is 0 Å². The van der Waals surface area contributed by atoms with Crippen molar-refractivity contribution < 1.29 is 9.53 Å². The molecule has 0 aliphatic heterocycles. The van der Waals surface area contributed by atoms with Gasteiger partial charge in [0.05, 0.1) is 17.8 Å². The van der Waals surface area contributed by atoms with Gasteiger partial charge in [0.2, 0.25) is 5.91 Å². The molecule has 1 amide bonds. The summed E-state index contributed by atoms with van der Waals surface area (Å²) in [5.74, 6) is 0.534. The zero-order chi connectivity index (χ0) is 19.4. The molecule has 2 aromatic heterocycles. The monoisotopic (exact) mass is 385 g/mol. The van der Waals surface area contributed by atoms with E-state index in [1.54, 1.807) is 19.4 Å². The van der Waals surface area contributed by atoms with Gasteiger partial charge in [-0.2, -0.15) is 0 Å². The Morgan fingerprint density at radius 2 is 2.07 bits per heavy atom. The summed E-state index contributed by atoms with van der Waals surface area (Å²) < 4.78 is 7.50. The van der Waals surface area contributed by atoms with Crippen molar-refractivity contribution in [1.82, 2.24) is 14.7 Å². The minimum atomic E-state index is -0.210. The fourth-order valence-electron chi connectivity index (χ4n) is 3.18. The average molecular weight is 386 g/mol. The van der Waals surface area contributed by atoms with Gasteiger partial charge in [0.15, 0.2) is 0 Å². The van der Waals surface area contributed by atoms with Crippen LogP contribution in [0.5, 0.6) is 5.75 Å². The van der Waals surface area contributed by atoms with Crippen molar-refractivity contribution >= 4 is 23.2 Å². The number of para-hydroxylation sites is 1. The Morgan fingerprint density at radius 3 is 2.81 bits per heavy atom. The number of benzene rings is 1. The summed E-state index contributed by atoms with van der Waals surface area (Å²) in [7, 11) is 1.64. The summed E-state index contributed by atoms with van der Waals surface area (Å²) in [4.78, 5) is 17.2. The first-order valence-corrected chi connectivity index (χ1v) is 9.46. The van der Waals surface area contributed by atoms with Gasteiger partial charge in [0.1, 0.15) is 11.4 Å². The maximum atomic E-state index is 12.7. The zero-order valence-corrected chi connectivity index (χ0v) is 16.5. The quantitative estimate of drug-likeness (QED) is 0.654. The molecular formula is C21H24ClN3O2. The number of amides is 1. The van der Waals surface area contributed by atoms with E-state index >= 15 is 0 Å². The first-order valence-electron chi connectivity index (χ1n) is 9.08. The van der Waals surface area contributed by atoms with Crippen molar-refractivity contribution in [2.45, 2.75) is 38.6 Å². The third kappa shape index (κ3) is 4.25. The van der Waals surface area contributed by atoms with E-state index in [0.29, 0.717) is 11.4 Å². The Balaban J connectivity index is 2.06. The average Bonchev–Trinajstić information content (AvgIpc) is 3.08. The van der Waals surface area contributed by atoms with Crippen LogP contribution >= 0.6 is 11.6 Å². The van der Waals surface area contributed by atoms with Gasteiger partial charge in [-0.05, 0) is 31.5 Å². The second-order valence-electron chi connectivity index (χ2n) is 6.63. The van der Waals surface area contributed by atoms with Crippen LogP contribution in [0.3, 0.4) is 0 Å². The third-order valence-electron chi connectivity index (χ3n) is 4.78. The van der Waals surface area contributed by atoms with Gasteiger partial charge in [0.25, 0.3) is 0 Å². The maximum absolute atomic E-state index is 12.7. The molecule has 27 heavy (non-hydrogen) atoms. The van der Waals surface area contributed by atoms with E-state index in [-0.39, 0.29) is 17.9 Å². The number of ether oxygens (including phenoxy) is 1. The first kappa shape index (κ1) is 19.2. The molecule has 0 bridgehead atoms. The lowest BCUT2D eigenvalue weighted by Gasteiger charge is -2.21. The summed E-state index contributed by atoms with van der Waals surface area (Å²) >= 11 is 6.20. The second kappa shape index (κ2) is 8.44. The van der Waals surface area contributed by atoms with Gasteiger partial charge < -0.3 is 14.5 Å². The molecule has 0 spiro atoms. The molecule has 0 unspecified atom stereocenters. The number of methoxy groups -OCH3 is 1. The molecule has 0 radical (unpaired) electrons. The molecule has 6 heteroatoms. The summed E-state index contributed by atoms with van der Waals surface area (Å²) in [5.41, 5.74) is 2.63. The number of hydrogen-bond donors (Lipinski definition) is 1. The summed E-state index contributed by atoms with van der Waals surface area (Å²) in [5, 5.41) is 3.67. The Hall–Kier alpha value is -2.53. The first-order chi connectivity index (χ1) is 13.0. The predicted octanol–water partition coefficient (Wildman–Crippen LogP) is 4.43. The van der Waals surface area contributed by atoms with Gasteiger partial charge in [-0.25, -0.2) is 4.98 Å².